The monoisotopic (exact) mass is 209 g/mol. The van der Waals surface area contributed by atoms with Gasteiger partial charge in [0, 0.05) is 19.0 Å². The third-order valence-electron chi connectivity index (χ3n) is 3.21. The van der Waals surface area contributed by atoms with Crippen LogP contribution >= 0.6 is 0 Å². The number of amides is 1. The zero-order chi connectivity index (χ0) is 11.3. The first-order chi connectivity index (χ1) is 7.27. The highest BCUT2D eigenvalue weighted by molar-refractivity contribution is 5.78. The molecule has 2 nitrogen and oxygen atoms in total. The zero-order valence-corrected chi connectivity index (χ0v) is 10.1. The minimum absolute atomic E-state index is 0.373. The van der Waals surface area contributed by atoms with Crippen LogP contribution in [0, 0.1) is 0 Å². The van der Waals surface area contributed by atoms with Crippen molar-refractivity contribution in [3.63, 3.8) is 0 Å². The third-order valence-corrected chi connectivity index (χ3v) is 3.21. The molecule has 0 aromatic heterocycles. The van der Waals surface area contributed by atoms with E-state index in [1.807, 2.05) is 13.8 Å². The molecule has 2 aliphatic rings. The standard InChI is InChI=1S/C11H17NO.C2H6/c1-9-4-6-10(7-5-9)12-8-2-3-11(12)13;1-2/h10H,1-8H2;1-2H3. The van der Waals surface area contributed by atoms with E-state index in [1.165, 1.54) is 5.57 Å². The predicted molar refractivity (Wildman–Crippen MR) is 63.7 cm³/mol. The first-order valence-corrected chi connectivity index (χ1v) is 6.23. The van der Waals surface area contributed by atoms with E-state index in [0.29, 0.717) is 11.9 Å². The van der Waals surface area contributed by atoms with Gasteiger partial charge in [-0.3, -0.25) is 4.79 Å². The molecule has 1 aliphatic heterocycles. The molecule has 1 saturated carbocycles. The Morgan fingerprint density at radius 1 is 1.20 bits per heavy atom. The maximum Gasteiger partial charge on any atom is 0.222 e. The second-order valence-corrected chi connectivity index (χ2v) is 4.17. The molecule has 15 heavy (non-hydrogen) atoms. The molecule has 1 saturated heterocycles. The number of hydrogen-bond acceptors (Lipinski definition) is 1. The minimum Gasteiger partial charge on any atom is -0.340 e. The summed E-state index contributed by atoms with van der Waals surface area (Å²) in [5.41, 5.74) is 1.36. The van der Waals surface area contributed by atoms with Gasteiger partial charge in [0.25, 0.3) is 0 Å². The average molecular weight is 209 g/mol. The number of nitrogens with zero attached hydrogens (tertiary/aromatic N) is 1. The fraction of sp³-hybridized carbons (Fsp3) is 0.769. The van der Waals surface area contributed by atoms with Crippen LogP contribution < -0.4 is 0 Å². The molecule has 2 fully saturated rings. The van der Waals surface area contributed by atoms with Crippen LogP contribution in [0.3, 0.4) is 0 Å². The van der Waals surface area contributed by atoms with Crippen molar-refractivity contribution in [2.45, 2.75) is 58.4 Å². The first-order valence-electron chi connectivity index (χ1n) is 6.23. The Morgan fingerprint density at radius 2 is 1.80 bits per heavy atom. The van der Waals surface area contributed by atoms with Crippen LogP contribution in [0.25, 0.3) is 0 Å². The van der Waals surface area contributed by atoms with Crippen molar-refractivity contribution in [3.05, 3.63) is 12.2 Å². The first kappa shape index (κ1) is 12.3. The van der Waals surface area contributed by atoms with E-state index in [1.54, 1.807) is 0 Å². The molecule has 86 valence electrons. The lowest BCUT2D eigenvalue weighted by Gasteiger charge is -2.31. The van der Waals surface area contributed by atoms with Crippen molar-refractivity contribution in [2.75, 3.05) is 6.54 Å². The topological polar surface area (TPSA) is 20.3 Å². The summed E-state index contributed by atoms with van der Waals surface area (Å²) in [6.07, 6.45) is 6.37. The number of likely N-dealkylation sites (tertiary alicyclic amines) is 1. The maximum absolute atomic E-state index is 11.5. The Kier molecular flexibility index (Phi) is 4.86. The van der Waals surface area contributed by atoms with Crippen LogP contribution in [-0.4, -0.2) is 23.4 Å². The smallest absolute Gasteiger partial charge is 0.222 e. The number of allylic oxidation sites excluding steroid dienone is 1. The lowest BCUT2D eigenvalue weighted by molar-refractivity contribution is -0.130. The molecule has 0 N–H and O–H groups in total. The van der Waals surface area contributed by atoms with E-state index in [0.717, 1.165) is 45.1 Å². The lowest BCUT2D eigenvalue weighted by Crippen LogP contribution is -2.37. The van der Waals surface area contributed by atoms with Gasteiger partial charge in [-0.25, -0.2) is 0 Å². The van der Waals surface area contributed by atoms with Crippen molar-refractivity contribution in [2.24, 2.45) is 0 Å². The number of hydrogen-bond donors (Lipinski definition) is 0. The fourth-order valence-electron chi connectivity index (χ4n) is 2.38. The maximum atomic E-state index is 11.5. The van der Waals surface area contributed by atoms with Gasteiger partial charge in [-0.15, -0.1) is 0 Å². The molecular weight excluding hydrogens is 186 g/mol. The zero-order valence-electron chi connectivity index (χ0n) is 10.1. The summed E-state index contributed by atoms with van der Waals surface area (Å²) in [4.78, 5) is 13.5. The normalized spacial score (nSPS) is 22.7. The Hall–Kier alpha value is -0.790. The summed E-state index contributed by atoms with van der Waals surface area (Å²) >= 11 is 0. The van der Waals surface area contributed by atoms with E-state index in [2.05, 4.69) is 11.5 Å². The van der Waals surface area contributed by atoms with Crippen molar-refractivity contribution < 1.29 is 4.79 Å². The molecule has 1 aliphatic carbocycles. The SMILES string of the molecule is C=C1CCC(N2CCCC2=O)CC1.CC. The van der Waals surface area contributed by atoms with Crippen LogP contribution in [0.2, 0.25) is 0 Å². The van der Waals surface area contributed by atoms with Crippen LogP contribution in [0.1, 0.15) is 52.4 Å². The second-order valence-electron chi connectivity index (χ2n) is 4.17. The Morgan fingerprint density at radius 3 is 2.27 bits per heavy atom. The molecule has 0 unspecified atom stereocenters. The quantitative estimate of drug-likeness (QED) is 0.608. The van der Waals surface area contributed by atoms with E-state index < -0.39 is 0 Å². The Bertz CT molecular complexity index is 225. The van der Waals surface area contributed by atoms with Crippen molar-refractivity contribution in [3.8, 4) is 0 Å². The van der Waals surface area contributed by atoms with Gasteiger partial charge in [-0.1, -0.05) is 26.0 Å². The molecule has 0 bridgehead atoms. The summed E-state index contributed by atoms with van der Waals surface area (Å²) in [7, 11) is 0. The molecule has 0 radical (unpaired) electrons. The van der Waals surface area contributed by atoms with Crippen molar-refractivity contribution >= 4 is 5.91 Å². The molecule has 0 aromatic rings. The van der Waals surface area contributed by atoms with Crippen molar-refractivity contribution in [1.82, 2.24) is 4.90 Å². The summed E-state index contributed by atoms with van der Waals surface area (Å²) in [6, 6.07) is 0.528. The van der Waals surface area contributed by atoms with Gasteiger partial charge in [0.05, 0.1) is 0 Å². The van der Waals surface area contributed by atoms with Gasteiger partial charge in [0.15, 0.2) is 0 Å². The largest absolute Gasteiger partial charge is 0.340 e. The van der Waals surface area contributed by atoms with Gasteiger partial charge in [-0.05, 0) is 32.1 Å². The van der Waals surface area contributed by atoms with Gasteiger partial charge in [0.1, 0.15) is 0 Å². The molecule has 2 rings (SSSR count). The van der Waals surface area contributed by atoms with E-state index in [9.17, 15) is 4.79 Å². The average Bonchev–Trinajstić information content (AvgIpc) is 2.69. The summed E-state index contributed by atoms with van der Waals surface area (Å²) in [5, 5.41) is 0. The number of carbonyl (C=O) groups is 1. The number of rotatable bonds is 1. The summed E-state index contributed by atoms with van der Waals surface area (Å²) in [5.74, 6) is 0.373. The van der Waals surface area contributed by atoms with Gasteiger partial charge < -0.3 is 4.90 Å². The highest BCUT2D eigenvalue weighted by Gasteiger charge is 2.29. The van der Waals surface area contributed by atoms with Crippen LogP contribution in [0.5, 0.6) is 0 Å². The number of carbonyl (C=O) groups excluding carboxylic acids is 1. The van der Waals surface area contributed by atoms with Gasteiger partial charge in [-0.2, -0.15) is 0 Å². The molecule has 2 heteroatoms. The molecule has 0 spiro atoms. The van der Waals surface area contributed by atoms with Gasteiger partial charge >= 0.3 is 0 Å². The molecule has 0 aromatic carbocycles. The summed E-state index contributed by atoms with van der Waals surface area (Å²) in [6.45, 7) is 8.99. The highest BCUT2D eigenvalue weighted by Crippen LogP contribution is 2.28. The predicted octanol–water partition coefficient (Wildman–Crippen LogP) is 3.13. The highest BCUT2D eigenvalue weighted by atomic mass is 16.2. The minimum atomic E-state index is 0.373. The molecule has 1 amide bonds. The summed E-state index contributed by atoms with van der Waals surface area (Å²) < 4.78 is 0. The van der Waals surface area contributed by atoms with Crippen molar-refractivity contribution in [1.29, 1.82) is 0 Å². The van der Waals surface area contributed by atoms with E-state index in [-0.39, 0.29) is 0 Å². The van der Waals surface area contributed by atoms with E-state index >= 15 is 0 Å². The fourth-order valence-corrected chi connectivity index (χ4v) is 2.38. The second kappa shape index (κ2) is 5.94. The lowest BCUT2D eigenvalue weighted by atomic mass is 9.91. The molecular formula is C13H23NO. The van der Waals surface area contributed by atoms with Crippen LogP contribution in [0.4, 0.5) is 0 Å². The third kappa shape index (κ3) is 3.08. The molecule has 0 atom stereocenters. The Balaban J connectivity index is 0.000000531. The van der Waals surface area contributed by atoms with E-state index in [4.69, 9.17) is 0 Å². The van der Waals surface area contributed by atoms with Crippen LogP contribution in [0.15, 0.2) is 12.2 Å². The van der Waals surface area contributed by atoms with Gasteiger partial charge in [0.2, 0.25) is 5.91 Å². The van der Waals surface area contributed by atoms with Crippen LogP contribution in [-0.2, 0) is 4.79 Å². The molecule has 1 heterocycles. The Labute approximate surface area is 93.3 Å².